The number of nitrogens with two attached hydrogens (primary N) is 1. The van der Waals surface area contributed by atoms with Crippen molar-refractivity contribution in [2.75, 3.05) is 13.6 Å². The molecule has 0 aliphatic heterocycles. The van der Waals surface area contributed by atoms with Crippen LogP contribution in [0.4, 0.5) is 0 Å². The summed E-state index contributed by atoms with van der Waals surface area (Å²) in [6.07, 6.45) is 2.92. The summed E-state index contributed by atoms with van der Waals surface area (Å²) < 4.78 is 0.183. The fourth-order valence-electron chi connectivity index (χ4n) is 0.864. The van der Waals surface area contributed by atoms with E-state index < -0.39 is 0 Å². The van der Waals surface area contributed by atoms with Crippen molar-refractivity contribution >= 4 is 26.4 Å². The maximum Gasteiger partial charge on any atom is 0.209 e. The van der Waals surface area contributed by atoms with Gasteiger partial charge >= 0.3 is 0 Å². The predicted octanol–water partition coefficient (Wildman–Crippen LogP) is 0.665. The summed E-state index contributed by atoms with van der Waals surface area (Å²) in [5.74, 6) is 0. The van der Waals surface area contributed by atoms with Crippen LogP contribution in [-0.4, -0.2) is 23.4 Å². The average molecular weight is 270 g/mol. The van der Waals surface area contributed by atoms with Crippen LogP contribution in [0.15, 0.2) is 0 Å². The average Bonchev–Trinajstić information content (AvgIpc) is 1.97. The molecule has 0 saturated heterocycles. The Balaban J connectivity index is 3.44. The summed E-state index contributed by atoms with van der Waals surface area (Å²) in [7, 11) is 1.81. The van der Waals surface area contributed by atoms with Crippen LogP contribution in [0.25, 0.3) is 0 Å². The minimum atomic E-state index is 0.0159. The first kappa shape index (κ1) is 11.3. The van der Waals surface area contributed by atoms with E-state index in [1.165, 1.54) is 0 Å². The number of rotatable bonds is 6. The van der Waals surface area contributed by atoms with Crippen LogP contribution in [0.2, 0.25) is 0 Å². The largest absolute Gasteiger partial charge is 0.330 e. The zero-order valence-corrected chi connectivity index (χ0v) is 8.93. The van der Waals surface area contributed by atoms with Gasteiger partial charge in [0.05, 0.1) is 6.04 Å². The zero-order chi connectivity index (χ0) is 8.69. The number of unbranched alkanes of at least 4 members (excludes halogenated alkanes) is 1. The van der Waals surface area contributed by atoms with Gasteiger partial charge in [-0.2, -0.15) is 0 Å². The lowest BCUT2D eigenvalue weighted by Crippen LogP contribution is -2.30. The van der Waals surface area contributed by atoms with Gasteiger partial charge < -0.3 is 11.1 Å². The highest BCUT2D eigenvalue weighted by atomic mass is 127. The molecular weight excluding hydrogens is 255 g/mol. The molecule has 0 aromatic heterocycles. The highest BCUT2D eigenvalue weighted by Gasteiger charge is 2.11. The van der Waals surface area contributed by atoms with Gasteiger partial charge in [0.1, 0.15) is 0 Å². The van der Waals surface area contributed by atoms with Gasteiger partial charge in [-0.05, 0) is 26.4 Å². The highest BCUT2D eigenvalue weighted by Crippen LogP contribution is 2.04. The number of likely N-dealkylation sites (N-methyl/N-ethyl adjacent to an activating group) is 1. The van der Waals surface area contributed by atoms with E-state index in [2.05, 4.69) is 5.32 Å². The molecule has 0 aliphatic carbocycles. The molecule has 0 heterocycles. The predicted molar refractivity (Wildman–Crippen MR) is 54.8 cm³/mol. The standard InChI is InChI=1S/C7H15IN2O/c1-10-6(7(8)11)4-2-3-5-9/h6,10H,2-5,9H2,1H3/t6-/m0/s1. The second-order valence-corrected chi connectivity index (χ2v) is 3.49. The second kappa shape index (κ2) is 7.00. The van der Waals surface area contributed by atoms with Crippen LogP contribution in [0, 0.1) is 0 Å². The highest BCUT2D eigenvalue weighted by molar-refractivity contribution is 14.1. The third kappa shape index (κ3) is 5.57. The summed E-state index contributed by atoms with van der Waals surface area (Å²) in [6, 6.07) is 0.0159. The van der Waals surface area contributed by atoms with Crippen molar-refractivity contribution in [2.24, 2.45) is 5.73 Å². The molecule has 0 fully saturated rings. The van der Waals surface area contributed by atoms with Crippen LogP contribution in [0.5, 0.6) is 0 Å². The monoisotopic (exact) mass is 270 g/mol. The molecule has 66 valence electrons. The third-order valence-corrected chi connectivity index (χ3v) is 2.32. The molecule has 0 radical (unpaired) electrons. The van der Waals surface area contributed by atoms with Crippen molar-refractivity contribution in [2.45, 2.75) is 25.3 Å². The first-order chi connectivity index (χ1) is 5.22. The van der Waals surface area contributed by atoms with Crippen LogP contribution >= 0.6 is 22.6 Å². The van der Waals surface area contributed by atoms with Crippen molar-refractivity contribution in [3.63, 3.8) is 0 Å². The summed E-state index contributed by atoms with van der Waals surface area (Å²) in [5, 5.41) is 2.96. The zero-order valence-electron chi connectivity index (χ0n) is 6.77. The molecule has 0 rings (SSSR count). The minimum absolute atomic E-state index is 0.0159. The first-order valence-electron chi connectivity index (χ1n) is 3.79. The molecule has 0 saturated carbocycles. The molecule has 3 nitrogen and oxygen atoms in total. The van der Waals surface area contributed by atoms with Gasteiger partial charge in [-0.25, -0.2) is 0 Å². The summed E-state index contributed by atoms with van der Waals surface area (Å²) >= 11 is 1.82. The quantitative estimate of drug-likeness (QED) is 0.423. The molecule has 0 aromatic carbocycles. The molecule has 0 aromatic rings. The van der Waals surface area contributed by atoms with Gasteiger partial charge in [0.15, 0.2) is 0 Å². The van der Waals surface area contributed by atoms with E-state index in [1.54, 1.807) is 0 Å². The van der Waals surface area contributed by atoms with E-state index >= 15 is 0 Å². The lowest BCUT2D eigenvalue weighted by molar-refractivity contribution is -0.111. The van der Waals surface area contributed by atoms with Crippen molar-refractivity contribution in [1.29, 1.82) is 0 Å². The molecule has 0 unspecified atom stereocenters. The van der Waals surface area contributed by atoms with E-state index in [0.717, 1.165) is 19.3 Å². The molecule has 0 aliphatic rings. The van der Waals surface area contributed by atoms with E-state index in [-0.39, 0.29) is 9.83 Å². The maximum atomic E-state index is 10.9. The topological polar surface area (TPSA) is 55.1 Å². The second-order valence-electron chi connectivity index (χ2n) is 2.43. The number of carbonyl (C=O) groups is 1. The van der Waals surface area contributed by atoms with Gasteiger partial charge in [0, 0.05) is 22.6 Å². The van der Waals surface area contributed by atoms with Gasteiger partial charge in [-0.15, -0.1) is 0 Å². The molecular formula is C7H15IN2O. The fraction of sp³-hybridized carbons (Fsp3) is 0.857. The van der Waals surface area contributed by atoms with E-state index in [4.69, 9.17) is 5.73 Å². The van der Waals surface area contributed by atoms with Crippen molar-refractivity contribution in [3.05, 3.63) is 0 Å². The molecule has 4 heteroatoms. The molecule has 0 bridgehead atoms. The number of nitrogens with one attached hydrogen (secondary N) is 1. The Labute approximate surface area is 81.2 Å². The van der Waals surface area contributed by atoms with Crippen molar-refractivity contribution in [3.8, 4) is 0 Å². The lowest BCUT2D eigenvalue weighted by Gasteiger charge is -2.09. The number of hydrogen-bond donors (Lipinski definition) is 2. The van der Waals surface area contributed by atoms with Crippen LogP contribution in [0.3, 0.4) is 0 Å². The summed E-state index contributed by atoms with van der Waals surface area (Å²) in [6.45, 7) is 0.714. The molecule has 3 N–H and O–H groups in total. The van der Waals surface area contributed by atoms with Crippen LogP contribution in [-0.2, 0) is 4.79 Å². The maximum absolute atomic E-state index is 10.9. The van der Waals surface area contributed by atoms with Gasteiger partial charge in [0.25, 0.3) is 0 Å². The Bertz CT molecular complexity index is 119. The number of halogens is 1. The first-order valence-corrected chi connectivity index (χ1v) is 4.87. The van der Waals surface area contributed by atoms with Crippen molar-refractivity contribution < 1.29 is 4.79 Å². The Morgan fingerprint density at radius 1 is 1.64 bits per heavy atom. The van der Waals surface area contributed by atoms with Gasteiger partial charge in [0.2, 0.25) is 3.79 Å². The summed E-state index contributed by atoms with van der Waals surface area (Å²) in [4.78, 5) is 10.9. The number of hydrogen-bond acceptors (Lipinski definition) is 3. The van der Waals surface area contributed by atoms with E-state index in [0.29, 0.717) is 6.54 Å². The summed E-state index contributed by atoms with van der Waals surface area (Å²) in [5.41, 5.74) is 5.33. The fourth-order valence-corrected chi connectivity index (χ4v) is 1.49. The molecule has 0 spiro atoms. The molecule has 11 heavy (non-hydrogen) atoms. The Hall–Kier alpha value is 0.320. The SMILES string of the molecule is CN[C@@H](CCCCN)C(=O)I. The smallest absolute Gasteiger partial charge is 0.209 e. The molecule has 0 amide bonds. The van der Waals surface area contributed by atoms with Crippen LogP contribution < -0.4 is 11.1 Å². The van der Waals surface area contributed by atoms with Crippen molar-refractivity contribution in [1.82, 2.24) is 5.32 Å². The molecule has 1 atom stereocenters. The Morgan fingerprint density at radius 3 is 2.64 bits per heavy atom. The Morgan fingerprint density at radius 2 is 2.27 bits per heavy atom. The number of carbonyl (C=O) groups excluding carboxylic acids is 1. The Kier molecular flexibility index (Phi) is 7.20. The van der Waals surface area contributed by atoms with Gasteiger partial charge in [-0.3, -0.25) is 4.79 Å². The van der Waals surface area contributed by atoms with Gasteiger partial charge in [-0.1, -0.05) is 6.42 Å². The van der Waals surface area contributed by atoms with Crippen LogP contribution in [0.1, 0.15) is 19.3 Å². The van der Waals surface area contributed by atoms with E-state index in [1.807, 2.05) is 29.6 Å². The normalized spacial score (nSPS) is 13.0. The van der Waals surface area contributed by atoms with E-state index in [9.17, 15) is 4.79 Å². The minimum Gasteiger partial charge on any atom is -0.330 e. The third-order valence-electron chi connectivity index (χ3n) is 1.57. The lowest BCUT2D eigenvalue weighted by atomic mass is 10.1.